The van der Waals surface area contributed by atoms with Crippen LogP contribution in [-0.2, 0) is 0 Å². The molecule has 4 heteroatoms. The van der Waals surface area contributed by atoms with Gasteiger partial charge in [-0.3, -0.25) is 4.98 Å². The molecule has 0 fully saturated rings. The molecule has 1 atom stereocenters. The summed E-state index contributed by atoms with van der Waals surface area (Å²) in [6.45, 7) is 2.10. The summed E-state index contributed by atoms with van der Waals surface area (Å²) in [5.74, 6) is 0. The topological polar surface area (TPSA) is 48.4 Å². The molecule has 0 aromatic carbocycles. The molecule has 0 saturated heterocycles. The van der Waals surface area contributed by atoms with E-state index in [2.05, 4.69) is 10.3 Å². The fraction of sp³-hybridized carbons (Fsp3) is 0.500. The minimum Gasteiger partial charge on any atom is -0.394 e. The van der Waals surface area contributed by atoms with Crippen molar-refractivity contribution in [1.82, 2.24) is 4.98 Å². The van der Waals surface area contributed by atoms with E-state index in [1.807, 2.05) is 32.0 Å². The first-order valence-electron chi connectivity index (χ1n) is 4.65. The van der Waals surface area contributed by atoms with Gasteiger partial charge in [-0.1, -0.05) is 0 Å². The Morgan fingerprint density at radius 2 is 2.29 bits per heavy atom. The Balaban J connectivity index is 2.83. The van der Waals surface area contributed by atoms with Gasteiger partial charge in [0, 0.05) is 20.1 Å². The smallest absolute Gasteiger partial charge is 0.0632 e. The summed E-state index contributed by atoms with van der Waals surface area (Å²) >= 11 is 0. The molecule has 2 N–H and O–H groups in total. The third-order valence-electron chi connectivity index (χ3n) is 2.35. The molecule has 0 aliphatic rings. The molecule has 0 spiro atoms. The third-order valence-corrected chi connectivity index (χ3v) is 2.35. The van der Waals surface area contributed by atoms with Crippen molar-refractivity contribution in [2.75, 3.05) is 30.9 Å². The van der Waals surface area contributed by atoms with Gasteiger partial charge < -0.3 is 15.3 Å². The van der Waals surface area contributed by atoms with Gasteiger partial charge in [0.1, 0.15) is 0 Å². The largest absolute Gasteiger partial charge is 0.394 e. The lowest BCUT2D eigenvalue weighted by molar-refractivity contribution is 0.270. The Kier molecular flexibility index (Phi) is 3.71. The number of aliphatic hydroxyl groups is 1. The van der Waals surface area contributed by atoms with Gasteiger partial charge in [0.2, 0.25) is 0 Å². The van der Waals surface area contributed by atoms with Crippen molar-refractivity contribution in [1.29, 1.82) is 0 Å². The summed E-state index contributed by atoms with van der Waals surface area (Å²) in [6, 6.07) is 2.10. The van der Waals surface area contributed by atoms with Crippen molar-refractivity contribution in [2.24, 2.45) is 0 Å². The van der Waals surface area contributed by atoms with Gasteiger partial charge in [0.05, 0.1) is 30.4 Å². The Hall–Kier alpha value is -1.29. The van der Waals surface area contributed by atoms with Crippen LogP contribution in [0.15, 0.2) is 18.5 Å². The monoisotopic (exact) mass is 195 g/mol. The third kappa shape index (κ3) is 2.35. The van der Waals surface area contributed by atoms with Crippen molar-refractivity contribution in [3.05, 3.63) is 18.5 Å². The molecular weight excluding hydrogens is 178 g/mol. The molecule has 0 amide bonds. The molecule has 14 heavy (non-hydrogen) atoms. The molecule has 1 aromatic heterocycles. The molecule has 0 aliphatic heterocycles. The van der Waals surface area contributed by atoms with Gasteiger partial charge in [-0.25, -0.2) is 0 Å². The first-order chi connectivity index (χ1) is 6.69. The fourth-order valence-corrected chi connectivity index (χ4v) is 1.13. The maximum Gasteiger partial charge on any atom is 0.0632 e. The van der Waals surface area contributed by atoms with Crippen LogP contribution in [0.3, 0.4) is 0 Å². The van der Waals surface area contributed by atoms with Crippen molar-refractivity contribution in [3.8, 4) is 0 Å². The number of hydrogen-bond donors (Lipinski definition) is 2. The molecule has 1 unspecified atom stereocenters. The Bertz CT molecular complexity index is 290. The quantitative estimate of drug-likeness (QED) is 0.750. The van der Waals surface area contributed by atoms with Gasteiger partial charge in [-0.15, -0.1) is 0 Å². The van der Waals surface area contributed by atoms with Crippen LogP contribution in [0, 0.1) is 0 Å². The summed E-state index contributed by atoms with van der Waals surface area (Å²) in [6.07, 6.45) is 3.55. The number of pyridine rings is 1. The van der Waals surface area contributed by atoms with Gasteiger partial charge >= 0.3 is 0 Å². The van der Waals surface area contributed by atoms with Crippen molar-refractivity contribution in [2.45, 2.75) is 13.0 Å². The minimum atomic E-state index is 0.101. The van der Waals surface area contributed by atoms with Crippen LogP contribution in [0.2, 0.25) is 0 Å². The predicted molar refractivity (Wildman–Crippen MR) is 58.7 cm³/mol. The van der Waals surface area contributed by atoms with Crippen molar-refractivity contribution >= 4 is 11.4 Å². The van der Waals surface area contributed by atoms with E-state index in [0.717, 1.165) is 11.4 Å². The van der Waals surface area contributed by atoms with Crippen molar-refractivity contribution < 1.29 is 5.11 Å². The molecule has 1 heterocycles. The van der Waals surface area contributed by atoms with Crippen LogP contribution in [0.4, 0.5) is 11.4 Å². The van der Waals surface area contributed by atoms with Gasteiger partial charge in [0.15, 0.2) is 0 Å². The van der Waals surface area contributed by atoms with Crippen LogP contribution < -0.4 is 10.2 Å². The maximum absolute atomic E-state index is 9.02. The summed E-state index contributed by atoms with van der Waals surface area (Å²) < 4.78 is 0. The lowest BCUT2D eigenvalue weighted by Crippen LogP contribution is -2.31. The van der Waals surface area contributed by atoms with E-state index in [0.29, 0.717) is 0 Å². The zero-order chi connectivity index (χ0) is 10.6. The summed E-state index contributed by atoms with van der Waals surface area (Å²) in [5.41, 5.74) is 1.97. The predicted octanol–water partition coefficient (Wildman–Crippen LogP) is 0.940. The van der Waals surface area contributed by atoms with E-state index in [1.165, 1.54) is 0 Å². The number of aliphatic hydroxyl groups excluding tert-OH is 1. The number of hydrogen-bond acceptors (Lipinski definition) is 4. The van der Waals surface area contributed by atoms with E-state index in [9.17, 15) is 0 Å². The van der Waals surface area contributed by atoms with E-state index in [4.69, 9.17) is 5.11 Å². The zero-order valence-electron chi connectivity index (χ0n) is 8.86. The number of anilines is 2. The minimum absolute atomic E-state index is 0.101. The molecule has 0 aliphatic carbocycles. The molecule has 1 rings (SSSR count). The molecule has 0 bridgehead atoms. The second-order valence-corrected chi connectivity index (χ2v) is 3.32. The second kappa shape index (κ2) is 4.81. The van der Waals surface area contributed by atoms with E-state index < -0.39 is 0 Å². The molecular formula is C10H17N3O. The Morgan fingerprint density at radius 1 is 1.57 bits per heavy atom. The first-order valence-corrected chi connectivity index (χ1v) is 4.65. The summed E-state index contributed by atoms with van der Waals surface area (Å²) in [5, 5.41) is 12.0. The number of likely N-dealkylation sites (N-methyl/N-ethyl adjacent to an activating group) is 1. The van der Waals surface area contributed by atoms with Crippen LogP contribution in [0.1, 0.15) is 6.92 Å². The van der Waals surface area contributed by atoms with Crippen molar-refractivity contribution in [3.63, 3.8) is 0 Å². The highest BCUT2D eigenvalue weighted by atomic mass is 16.3. The molecule has 0 radical (unpaired) electrons. The van der Waals surface area contributed by atoms with Crippen LogP contribution >= 0.6 is 0 Å². The highest BCUT2D eigenvalue weighted by Crippen LogP contribution is 2.17. The highest BCUT2D eigenvalue weighted by Gasteiger charge is 2.08. The van der Waals surface area contributed by atoms with Crippen LogP contribution in [0.5, 0.6) is 0 Å². The zero-order valence-corrected chi connectivity index (χ0v) is 8.86. The number of nitrogens with zero attached hydrogens (tertiary/aromatic N) is 2. The highest BCUT2D eigenvalue weighted by molar-refractivity contribution is 5.55. The first kappa shape index (κ1) is 10.8. The average Bonchev–Trinajstić information content (AvgIpc) is 2.27. The van der Waals surface area contributed by atoms with E-state index in [1.54, 1.807) is 12.4 Å². The van der Waals surface area contributed by atoms with Gasteiger partial charge in [-0.05, 0) is 13.0 Å². The number of rotatable bonds is 4. The summed E-state index contributed by atoms with van der Waals surface area (Å²) in [7, 11) is 3.80. The molecule has 0 saturated carbocycles. The summed E-state index contributed by atoms with van der Waals surface area (Å²) in [4.78, 5) is 6.10. The SMILES string of the molecule is CNc1cncc(N(C)C(C)CO)c1. The number of aromatic nitrogens is 1. The fourth-order valence-electron chi connectivity index (χ4n) is 1.13. The van der Waals surface area contributed by atoms with Gasteiger partial charge in [0.25, 0.3) is 0 Å². The van der Waals surface area contributed by atoms with Crippen LogP contribution in [-0.4, -0.2) is 36.8 Å². The number of nitrogens with one attached hydrogen (secondary N) is 1. The maximum atomic E-state index is 9.02. The normalized spacial score (nSPS) is 12.3. The lowest BCUT2D eigenvalue weighted by Gasteiger charge is -2.25. The lowest BCUT2D eigenvalue weighted by atomic mass is 10.2. The second-order valence-electron chi connectivity index (χ2n) is 3.32. The average molecular weight is 195 g/mol. The molecule has 4 nitrogen and oxygen atoms in total. The molecule has 1 aromatic rings. The van der Waals surface area contributed by atoms with E-state index >= 15 is 0 Å². The van der Waals surface area contributed by atoms with E-state index in [-0.39, 0.29) is 12.6 Å². The Morgan fingerprint density at radius 3 is 2.86 bits per heavy atom. The standard InChI is InChI=1S/C10H17N3O/c1-8(7-14)13(3)10-4-9(11-2)5-12-6-10/h4-6,8,11,14H,7H2,1-3H3. The molecule has 78 valence electrons. The Labute approximate surface area is 84.6 Å². The van der Waals surface area contributed by atoms with Gasteiger partial charge in [-0.2, -0.15) is 0 Å². The van der Waals surface area contributed by atoms with Crippen LogP contribution in [0.25, 0.3) is 0 Å².